The van der Waals surface area contributed by atoms with Gasteiger partial charge in [-0.15, -0.1) is 0 Å². The van der Waals surface area contributed by atoms with Crippen molar-refractivity contribution >= 4 is 39.1 Å². The molecular weight excluding hydrogens is 436 g/mol. The Balaban J connectivity index is 1.60. The average molecular weight is 453 g/mol. The van der Waals surface area contributed by atoms with Gasteiger partial charge in [0, 0.05) is 23.2 Å². The zero-order valence-electron chi connectivity index (χ0n) is 15.7. The normalized spacial score (nSPS) is 18.6. The Labute approximate surface area is 175 Å². The van der Waals surface area contributed by atoms with E-state index in [0.29, 0.717) is 11.4 Å². The molecule has 1 fully saturated rings. The van der Waals surface area contributed by atoms with Gasteiger partial charge < -0.3 is 4.52 Å². The summed E-state index contributed by atoms with van der Waals surface area (Å²) in [5.41, 5.74) is 1.71. The highest BCUT2D eigenvalue weighted by atomic mass is 79.9. The second-order valence-electron chi connectivity index (χ2n) is 6.59. The summed E-state index contributed by atoms with van der Waals surface area (Å²) in [6, 6.07) is 17.8. The highest BCUT2D eigenvalue weighted by molar-refractivity contribution is 9.10. The van der Waals surface area contributed by atoms with Gasteiger partial charge in [0.1, 0.15) is 5.71 Å². The molecular formula is C21H17BrN4O3. The van der Waals surface area contributed by atoms with Crippen molar-refractivity contribution in [3.05, 3.63) is 70.8 Å². The lowest BCUT2D eigenvalue weighted by molar-refractivity contribution is -0.113. The number of amides is 2. The van der Waals surface area contributed by atoms with Gasteiger partial charge in [-0.3, -0.25) is 9.59 Å². The summed E-state index contributed by atoms with van der Waals surface area (Å²) < 4.78 is 6.21. The maximum absolute atomic E-state index is 12.9. The molecule has 0 spiro atoms. The molecule has 2 aromatic carbocycles. The van der Waals surface area contributed by atoms with E-state index in [0.717, 1.165) is 10.0 Å². The van der Waals surface area contributed by atoms with Gasteiger partial charge in [-0.05, 0) is 31.2 Å². The first kappa shape index (κ1) is 19.2. The number of aliphatic imine (C=N–C) groups is 1. The van der Waals surface area contributed by atoms with Crippen LogP contribution in [0.15, 0.2) is 74.7 Å². The largest absolute Gasteiger partial charge is 0.355 e. The molecule has 3 aromatic rings. The zero-order valence-corrected chi connectivity index (χ0v) is 17.3. The van der Waals surface area contributed by atoms with E-state index in [2.05, 4.69) is 26.1 Å². The third kappa shape index (κ3) is 3.64. The number of hydrazine groups is 1. The molecule has 1 atom stereocenters. The fourth-order valence-corrected chi connectivity index (χ4v) is 3.35. The second-order valence-corrected chi connectivity index (χ2v) is 7.50. The second kappa shape index (κ2) is 7.73. The van der Waals surface area contributed by atoms with Crippen LogP contribution in [-0.2, 0) is 4.79 Å². The fourth-order valence-electron chi connectivity index (χ4n) is 3.08. The molecule has 0 N–H and O–H groups in total. The van der Waals surface area contributed by atoms with E-state index in [1.54, 1.807) is 12.1 Å². The Bertz CT molecular complexity index is 1090. The van der Waals surface area contributed by atoms with Gasteiger partial charge in [0.15, 0.2) is 11.5 Å². The maximum atomic E-state index is 12.9. The summed E-state index contributed by atoms with van der Waals surface area (Å²) >= 11 is 3.38. The Morgan fingerprint density at radius 3 is 2.52 bits per heavy atom. The number of carbonyl (C=O) groups excluding carboxylic acids is 2. The van der Waals surface area contributed by atoms with Crippen molar-refractivity contribution in [3.8, 4) is 11.3 Å². The molecule has 7 nitrogen and oxygen atoms in total. The van der Waals surface area contributed by atoms with E-state index in [1.807, 2.05) is 61.5 Å². The van der Waals surface area contributed by atoms with Gasteiger partial charge in [0.2, 0.25) is 0 Å². The van der Waals surface area contributed by atoms with Crippen LogP contribution in [0.3, 0.4) is 0 Å². The van der Waals surface area contributed by atoms with E-state index in [1.165, 1.54) is 11.1 Å². The van der Waals surface area contributed by atoms with Crippen LogP contribution in [0.2, 0.25) is 0 Å². The van der Waals surface area contributed by atoms with Crippen molar-refractivity contribution in [1.82, 2.24) is 10.2 Å². The molecule has 2 amide bonds. The van der Waals surface area contributed by atoms with Gasteiger partial charge >= 0.3 is 0 Å². The minimum absolute atomic E-state index is 0.0521. The summed E-state index contributed by atoms with van der Waals surface area (Å²) in [5, 5.41) is 7.08. The van der Waals surface area contributed by atoms with E-state index >= 15 is 0 Å². The topological polar surface area (TPSA) is 79.0 Å². The minimum atomic E-state index is -0.615. The smallest absolute Gasteiger partial charge is 0.299 e. The Hall–Kier alpha value is -3.10. The first-order chi connectivity index (χ1) is 14.0. The van der Waals surface area contributed by atoms with Crippen LogP contribution >= 0.6 is 15.9 Å². The summed E-state index contributed by atoms with van der Waals surface area (Å²) in [4.78, 5) is 29.6. The number of nitrogens with zero attached hydrogens (tertiary/aromatic N) is 4. The average Bonchev–Trinajstić information content (AvgIpc) is 3.29. The summed E-state index contributed by atoms with van der Waals surface area (Å²) in [7, 11) is 1.78. The zero-order chi connectivity index (χ0) is 20.5. The van der Waals surface area contributed by atoms with Crippen molar-refractivity contribution in [2.45, 2.75) is 13.0 Å². The number of anilines is 1. The third-order valence-electron chi connectivity index (χ3n) is 4.76. The standard InChI is InChI=1S/C21H17BrN4O3/c1-13-19(21(28)26(25(13)2)16-6-4-3-5-7-16)23-20(27)17-12-18(29-24-17)14-8-10-15(22)11-9-14/h3-13H,1-2H3. The van der Waals surface area contributed by atoms with Gasteiger partial charge in [0.25, 0.3) is 11.8 Å². The number of benzene rings is 2. The summed E-state index contributed by atoms with van der Waals surface area (Å²) in [5.74, 6) is -0.498. The van der Waals surface area contributed by atoms with Gasteiger partial charge in [-0.25, -0.2) is 15.0 Å². The Kier molecular flexibility index (Phi) is 5.12. The molecule has 146 valence electrons. The van der Waals surface area contributed by atoms with Crippen LogP contribution in [0, 0.1) is 0 Å². The lowest BCUT2D eigenvalue weighted by Gasteiger charge is -2.25. The summed E-state index contributed by atoms with van der Waals surface area (Å²) in [6.07, 6.45) is 0. The molecule has 0 saturated carbocycles. The predicted molar refractivity (Wildman–Crippen MR) is 113 cm³/mol. The highest BCUT2D eigenvalue weighted by Crippen LogP contribution is 2.25. The van der Waals surface area contributed by atoms with Gasteiger partial charge in [-0.1, -0.05) is 51.4 Å². The molecule has 1 aromatic heterocycles. The predicted octanol–water partition coefficient (Wildman–Crippen LogP) is 3.97. The van der Waals surface area contributed by atoms with Crippen LogP contribution in [0.25, 0.3) is 11.3 Å². The van der Waals surface area contributed by atoms with Crippen LogP contribution < -0.4 is 5.01 Å². The molecule has 1 unspecified atom stereocenters. The molecule has 2 heterocycles. The molecule has 0 aliphatic carbocycles. The first-order valence-corrected chi connectivity index (χ1v) is 9.73. The van der Waals surface area contributed by atoms with E-state index in [-0.39, 0.29) is 23.4 Å². The molecule has 0 bridgehead atoms. The lowest BCUT2D eigenvalue weighted by Crippen LogP contribution is -2.38. The molecule has 8 heteroatoms. The molecule has 29 heavy (non-hydrogen) atoms. The van der Waals surface area contributed by atoms with Crippen molar-refractivity contribution in [1.29, 1.82) is 0 Å². The number of carbonyl (C=O) groups is 2. The van der Waals surface area contributed by atoms with Crippen molar-refractivity contribution in [2.75, 3.05) is 12.1 Å². The fraction of sp³-hybridized carbons (Fsp3) is 0.143. The number of para-hydroxylation sites is 1. The first-order valence-electron chi connectivity index (χ1n) is 8.93. The molecule has 1 aliphatic heterocycles. The van der Waals surface area contributed by atoms with Crippen molar-refractivity contribution in [2.24, 2.45) is 4.99 Å². The van der Waals surface area contributed by atoms with Crippen molar-refractivity contribution < 1.29 is 14.1 Å². The number of rotatable bonds is 3. The highest BCUT2D eigenvalue weighted by Gasteiger charge is 2.40. The monoisotopic (exact) mass is 452 g/mol. The number of aromatic nitrogens is 1. The lowest BCUT2D eigenvalue weighted by atomic mass is 10.1. The number of halogens is 1. The van der Waals surface area contributed by atoms with Crippen LogP contribution in [0.1, 0.15) is 17.4 Å². The molecule has 1 saturated heterocycles. The van der Waals surface area contributed by atoms with E-state index in [9.17, 15) is 9.59 Å². The minimum Gasteiger partial charge on any atom is -0.355 e. The molecule has 4 rings (SSSR count). The van der Waals surface area contributed by atoms with E-state index in [4.69, 9.17) is 4.52 Å². The molecule has 1 aliphatic rings. The molecule has 0 radical (unpaired) electrons. The maximum Gasteiger partial charge on any atom is 0.299 e. The Morgan fingerprint density at radius 2 is 1.83 bits per heavy atom. The van der Waals surface area contributed by atoms with Crippen LogP contribution in [0.5, 0.6) is 0 Å². The van der Waals surface area contributed by atoms with Crippen molar-refractivity contribution in [3.63, 3.8) is 0 Å². The quantitative estimate of drug-likeness (QED) is 0.600. The Morgan fingerprint density at radius 1 is 1.14 bits per heavy atom. The number of hydrogen-bond donors (Lipinski definition) is 0. The SMILES string of the molecule is CC1C(=NC(=O)c2cc(-c3ccc(Br)cc3)on2)C(=O)N(c2ccccc2)N1C. The van der Waals surface area contributed by atoms with Gasteiger partial charge in [-0.2, -0.15) is 0 Å². The van der Waals surface area contributed by atoms with E-state index < -0.39 is 5.91 Å². The number of hydrogen-bond acceptors (Lipinski definition) is 5. The third-order valence-corrected chi connectivity index (χ3v) is 5.29. The van der Waals surface area contributed by atoms with Gasteiger partial charge in [0.05, 0.1) is 11.7 Å². The summed E-state index contributed by atoms with van der Waals surface area (Å²) in [6.45, 7) is 1.82. The van der Waals surface area contributed by atoms with Crippen LogP contribution in [-0.4, -0.2) is 40.8 Å². The van der Waals surface area contributed by atoms with Crippen LogP contribution in [0.4, 0.5) is 5.69 Å².